The molecular weight excluding hydrogens is 466 g/mol. The minimum atomic E-state index is -1.64. The molecule has 0 aliphatic carbocycles. The van der Waals surface area contributed by atoms with Gasteiger partial charge in [0.25, 0.3) is 5.91 Å². The maximum absolute atomic E-state index is 13.1. The third-order valence-corrected chi connectivity index (χ3v) is 5.95. The first kappa shape index (κ1) is 31.5. The third kappa shape index (κ3) is 12.0. The number of amides is 1. The number of ether oxygens (including phenoxy) is 3. The van der Waals surface area contributed by atoms with Crippen molar-refractivity contribution in [3.05, 3.63) is 34.9 Å². The number of esters is 1. The third-order valence-electron chi connectivity index (χ3n) is 5.95. The van der Waals surface area contributed by atoms with Crippen molar-refractivity contribution >= 4 is 17.8 Å². The van der Waals surface area contributed by atoms with Gasteiger partial charge in [-0.3, -0.25) is 4.79 Å². The first-order valence-corrected chi connectivity index (χ1v) is 12.7. The van der Waals surface area contributed by atoms with Gasteiger partial charge in [0.2, 0.25) is 0 Å². The zero-order valence-corrected chi connectivity index (χ0v) is 22.2. The van der Waals surface area contributed by atoms with E-state index in [1.165, 1.54) is 21.6 Å². The number of hydrogen-bond donors (Lipinski definition) is 2. The second-order valence-electron chi connectivity index (χ2n) is 8.94. The van der Waals surface area contributed by atoms with Gasteiger partial charge in [-0.05, 0) is 76.0 Å². The number of aliphatic hydroxyl groups excluding tert-OH is 1. The highest BCUT2D eigenvalue weighted by molar-refractivity contribution is 5.88. The van der Waals surface area contributed by atoms with Crippen molar-refractivity contribution in [1.29, 1.82) is 0 Å². The minimum absolute atomic E-state index is 0.0791. The molecule has 1 amide bonds. The molecule has 0 saturated heterocycles. The fraction of sp³-hybridized carbons (Fsp3) is 0.667. The van der Waals surface area contributed by atoms with Crippen LogP contribution in [0.1, 0.15) is 62.1 Å². The van der Waals surface area contributed by atoms with E-state index in [0.29, 0.717) is 25.8 Å². The molecule has 204 valence electrons. The van der Waals surface area contributed by atoms with Crippen molar-refractivity contribution in [2.45, 2.75) is 77.9 Å². The van der Waals surface area contributed by atoms with Gasteiger partial charge in [0.05, 0.1) is 6.61 Å². The number of carboxylic acid groups (broad SMARTS) is 1. The van der Waals surface area contributed by atoms with Crippen molar-refractivity contribution in [3.63, 3.8) is 0 Å². The van der Waals surface area contributed by atoms with Crippen LogP contribution in [-0.2, 0) is 35.0 Å². The first-order chi connectivity index (χ1) is 17.2. The summed E-state index contributed by atoms with van der Waals surface area (Å²) in [5.74, 6) is -2.62. The Morgan fingerprint density at radius 2 is 1.67 bits per heavy atom. The molecule has 9 nitrogen and oxygen atoms in total. The number of carboxylic acids is 1. The van der Waals surface area contributed by atoms with Gasteiger partial charge in [-0.25, -0.2) is 9.59 Å². The maximum Gasteiger partial charge on any atom is 0.336 e. The molecule has 0 fully saturated rings. The minimum Gasteiger partial charge on any atom is -0.479 e. The van der Waals surface area contributed by atoms with Crippen LogP contribution in [-0.4, -0.2) is 85.2 Å². The number of unbranched alkanes of at least 4 members (excludes halogenated alkanes) is 4. The van der Waals surface area contributed by atoms with Crippen LogP contribution in [0.2, 0.25) is 0 Å². The average molecular weight is 510 g/mol. The number of nitrogens with zero attached hydrogens (tertiary/aromatic N) is 1. The van der Waals surface area contributed by atoms with E-state index >= 15 is 0 Å². The van der Waals surface area contributed by atoms with Crippen LogP contribution < -0.4 is 0 Å². The molecule has 0 spiro atoms. The molecule has 2 atom stereocenters. The monoisotopic (exact) mass is 509 g/mol. The lowest BCUT2D eigenvalue weighted by molar-refractivity contribution is -0.177. The van der Waals surface area contributed by atoms with Gasteiger partial charge < -0.3 is 29.3 Å². The Morgan fingerprint density at radius 3 is 2.31 bits per heavy atom. The lowest BCUT2D eigenvalue weighted by Gasteiger charge is -2.28. The van der Waals surface area contributed by atoms with Crippen LogP contribution in [0, 0.1) is 13.8 Å². The van der Waals surface area contributed by atoms with Crippen molar-refractivity contribution in [3.8, 4) is 0 Å². The van der Waals surface area contributed by atoms with Crippen molar-refractivity contribution in [2.24, 2.45) is 0 Å². The zero-order valence-electron chi connectivity index (χ0n) is 22.2. The highest BCUT2D eigenvalue weighted by Crippen LogP contribution is 2.15. The van der Waals surface area contributed by atoms with Crippen molar-refractivity contribution < 1.29 is 38.8 Å². The SMILES string of the molecule is CCOC(=O)CO[C@@H](C(=O)O)[C@@H](OCCCCCc1ccc(C)c(C)c1)C(=O)N(C)CCCCCO. The number of benzene rings is 1. The Balaban J connectivity index is 2.70. The predicted molar refractivity (Wildman–Crippen MR) is 136 cm³/mol. The Morgan fingerprint density at radius 1 is 0.944 bits per heavy atom. The number of hydrogen-bond acceptors (Lipinski definition) is 7. The lowest BCUT2D eigenvalue weighted by atomic mass is 10.0. The smallest absolute Gasteiger partial charge is 0.336 e. The van der Waals surface area contributed by atoms with E-state index in [1.807, 2.05) is 0 Å². The van der Waals surface area contributed by atoms with E-state index in [-0.39, 0.29) is 19.8 Å². The summed E-state index contributed by atoms with van der Waals surface area (Å²) in [5.41, 5.74) is 3.80. The van der Waals surface area contributed by atoms with E-state index in [4.69, 9.17) is 19.3 Å². The second-order valence-corrected chi connectivity index (χ2v) is 8.94. The fourth-order valence-corrected chi connectivity index (χ4v) is 3.68. The number of aliphatic hydroxyl groups is 1. The molecule has 0 heterocycles. The standard InChI is InChI=1S/C27H43NO8/c1-5-34-23(30)19-36-25(27(32)33)24(26(31)28(4)15-9-7-10-16-29)35-17-11-6-8-12-22-14-13-20(2)21(3)18-22/h13-14,18,24-25,29H,5-12,15-17,19H2,1-4H3,(H,32,33)/t24-,25-/m1/s1. The molecule has 2 N–H and O–H groups in total. The topological polar surface area (TPSA) is 123 Å². The van der Waals surface area contributed by atoms with Crippen LogP contribution in [0.15, 0.2) is 18.2 Å². The molecule has 0 radical (unpaired) electrons. The van der Waals surface area contributed by atoms with Crippen molar-refractivity contribution in [1.82, 2.24) is 4.90 Å². The number of aliphatic carboxylic acids is 1. The van der Waals surface area contributed by atoms with Gasteiger partial charge in [-0.2, -0.15) is 0 Å². The molecule has 0 unspecified atom stereocenters. The number of aryl methyl sites for hydroxylation is 3. The lowest BCUT2D eigenvalue weighted by Crippen LogP contribution is -2.50. The summed E-state index contributed by atoms with van der Waals surface area (Å²) >= 11 is 0. The van der Waals surface area contributed by atoms with Gasteiger partial charge in [0.15, 0.2) is 12.2 Å². The van der Waals surface area contributed by atoms with Crippen LogP contribution in [0.3, 0.4) is 0 Å². The van der Waals surface area contributed by atoms with Gasteiger partial charge in [-0.15, -0.1) is 0 Å². The quantitative estimate of drug-likeness (QED) is 0.216. The van der Waals surface area contributed by atoms with Crippen LogP contribution in [0.4, 0.5) is 0 Å². The molecule has 9 heteroatoms. The molecule has 0 saturated carbocycles. The van der Waals surface area contributed by atoms with Gasteiger partial charge in [-0.1, -0.05) is 24.6 Å². The number of rotatable bonds is 19. The maximum atomic E-state index is 13.1. The van der Waals surface area contributed by atoms with E-state index in [1.54, 1.807) is 14.0 Å². The summed E-state index contributed by atoms with van der Waals surface area (Å²) in [6, 6.07) is 6.43. The predicted octanol–water partition coefficient (Wildman–Crippen LogP) is 3.06. The molecule has 1 aromatic carbocycles. The zero-order chi connectivity index (χ0) is 26.9. The van der Waals surface area contributed by atoms with Gasteiger partial charge in [0, 0.05) is 26.8 Å². The normalized spacial score (nSPS) is 12.7. The van der Waals surface area contributed by atoms with Gasteiger partial charge >= 0.3 is 11.9 Å². The summed E-state index contributed by atoms with van der Waals surface area (Å²) in [4.78, 5) is 38.1. The molecule has 0 aliphatic heterocycles. The Bertz CT molecular complexity index is 813. The average Bonchev–Trinajstić information content (AvgIpc) is 2.84. The number of likely N-dealkylation sites (N-methyl/N-ethyl adjacent to an activating group) is 1. The highest BCUT2D eigenvalue weighted by atomic mass is 16.6. The Hall–Kier alpha value is -2.49. The summed E-state index contributed by atoms with van der Waals surface area (Å²) in [6.45, 7) is 6.01. The van der Waals surface area contributed by atoms with E-state index in [2.05, 4.69) is 32.0 Å². The summed E-state index contributed by atoms with van der Waals surface area (Å²) < 4.78 is 15.8. The molecule has 0 aromatic heterocycles. The van der Waals surface area contributed by atoms with Crippen LogP contribution in [0.5, 0.6) is 0 Å². The number of carbonyl (C=O) groups excluding carboxylic acids is 2. The molecule has 36 heavy (non-hydrogen) atoms. The number of carbonyl (C=O) groups is 3. The van der Waals surface area contributed by atoms with E-state index < -0.39 is 36.7 Å². The molecule has 1 rings (SSSR count). The molecule has 0 aliphatic rings. The van der Waals surface area contributed by atoms with E-state index in [0.717, 1.165) is 25.7 Å². The largest absolute Gasteiger partial charge is 0.479 e. The second kappa shape index (κ2) is 17.9. The fourth-order valence-electron chi connectivity index (χ4n) is 3.68. The Kier molecular flexibility index (Phi) is 15.6. The van der Waals surface area contributed by atoms with Crippen LogP contribution in [0.25, 0.3) is 0 Å². The van der Waals surface area contributed by atoms with Crippen LogP contribution >= 0.6 is 0 Å². The highest BCUT2D eigenvalue weighted by Gasteiger charge is 2.38. The molecule has 0 bridgehead atoms. The molecule has 1 aromatic rings. The Labute approximate surface area is 214 Å². The summed E-state index contributed by atoms with van der Waals surface area (Å²) in [7, 11) is 1.57. The summed E-state index contributed by atoms with van der Waals surface area (Å²) in [6.07, 6.45) is 2.38. The first-order valence-electron chi connectivity index (χ1n) is 12.7. The van der Waals surface area contributed by atoms with E-state index in [9.17, 15) is 19.5 Å². The molecular formula is C27H43NO8. The van der Waals surface area contributed by atoms with Gasteiger partial charge in [0.1, 0.15) is 6.61 Å². The van der Waals surface area contributed by atoms with Crippen molar-refractivity contribution in [2.75, 3.05) is 40.0 Å². The summed E-state index contributed by atoms with van der Waals surface area (Å²) in [5, 5.41) is 18.6.